The molecule has 0 aromatic heterocycles. The molecule has 0 saturated heterocycles. The van der Waals surface area contributed by atoms with Gasteiger partial charge < -0.3 is 10.9 Å². The van der Waals surface area contributed by atoms with Crippen LogP contribution in [0.25, 0.3) is 0 Å². The average Bonchev–Trinajstić information content (AvgIpc) is 2.82. The Labute approximate surface area is 192 Å². The maximum Gasteiger partial charge on any atom is 0.0659 e. The minimum atomic E-state index is 0. The van der Waals surface area contributed by atoms with Gasteiger partial charge in [-0.2, -0.15) is 0 Å². The van der Waals surface area contributed by atoms with Gasteiger partial charge in [0.05, 0.1) is 12.2 Å². The molecule has 32 heavy (non-hydrogen) atoms. The highest BCUT2D eigenvalue weighted by atomic mass is 16.5. The number of hydrogen-bond donors (Lipinski definition) is 1. The molecule has 4 rings (SSSR count). The van der Waals surface area contributed by atoms with E-state index < -0.39 is 0 Å². The zero-order chi connectivity index (χ0) is 21.1. The normalized spacial score (nSPS) is 10.8. The van der Waals surface area contributed by atoms with Gasteiger partial charge in [-0.3, -0.25) is 0 Å². The van der Waals surface area contributed by atoms with E-state index in [1.54, 1.807) is 0 Å². The Morgan fingerprint density at radius 3 is 0.812 bits per heavy atom. The Bertz CT molecular complexity index is 836. The van der Waals surface area contributed by atoms with E-state index in [0.717, 1.165) is 25.7 Å². The largest absolute Gasteiger partial charge is 0.374 e. The van der Waals surface area contributed by atoms with Crippen molar-refractivity contribution in [1.29, 1.82) is 0 Å². The minimum Gasteiger partial charge on any atom is -0.374 e. The molecule has 0 fully saturated rings. The van der Waals surface area contributed by atoms with Gasteiger partial charge in [0, 0.05) is 0 Å². The van der Waals surface area contributed by atoms with Gasteiger partial charge in [0.1, 0.15) is 0 Å². The fourth-order valence-electron chi connectivity index (χ4n) is 4.12. The van der Waals surface area contributed by atoms with E-state index in [9.17, 15) is 0 Å². The molecule has 0 unspecified atom stereocenters. The molecular formula is C30H33NO. The lowest BCUT2D eigenvalue weighted by atomic mass is 9.98. The Morgan fingerprint density at radius 1 is 0.375 bits per heavy atom. The van der Waals surface area contributed by atoms with Crippen molar-refractivity contribution in [3.05, 3.63) is 144 Å². The summed E-state index contributed by atoms with van der Waals surface area (Å²) in [5, 5.41) is 0. The van der Waals surface area contributed by atoms with E-state index in [2.05, 4.69) is 121 Å². The molecule has 0 aliphatic heterocycles. The number of hydrogen-bond acceptors (Lipinski definition) is 2. The van der Waals surface area contributed by atoms with Gasteiger partial charge in [-0.1, -0.05) is 121 Å². The predicted octanol–water partition coefficient (Wildman–Crippen LogP) is 6.87. The monoisotopic (exact) mass is 423 g/mol. The zero-order valence-corrected chi connectivity index (χ0v) is 18.6. The van der Waals surface area contributed by atoms with Crippen LogP contribution < -0.4 is 6.15 Å². The first-order chi connectivity index (χ1) is 15.3. The first-order valence-electron chi connectivity index (χ1n) is 11.2. The molecule has 0 saturated carbocycles. The van der Waals surface area contributed by atoms with Gasteiger partial charge in [0.2, 0.25) is 0 Å². The molecule has 0 spiro atoms. The summed E-state index contributed by atoms with van der Waals surface area (Å²) in [6.07, 6.45) is 3.90. The smallest absolute Gasteiger partial charge is 0.0659 e. The van der Waals surface area contributed by atoms with E-state index in [1.807, 2.05) is 0 Å². The lowest BCUT2D eigenvalue weighted by Crippen LogP contribution is -2.29. The van der Waals surface area contributed by atoms with E-state index in [0.29, 0.717) is 0 Å². The molecule has 2 nitrogen and oxygen atoms in total. The van der Waals surface area contributed by atoms with Crippen LogP contribution in [0.15, 0.2) is 121 Å². The third-order valence-electron chi connectivity index (χ3n) is 5.61. The summed E-state index contributed by atoms with van der Waals surface area (Å²) in [6.45, 7) is 0. The fourth-order valence-corrected chi connectivity index (χ4v) is 4.12. The van der Waals surface area contributed by atoms with E-state index in [4.69, 9.17) is 4.74 Å². The van der Waals surface area contributed by atoms with Crippen LogP contribution in [0.3, 0.4) is 0 Å². The third-order valence-corrected chi connectivity index (χ3v) is 5.61. The zero-order valence-electron chi connectivity index (χ0n) is 18.6. The Kier molecular flexibility index (Phi) is 9.24. The second-order valence-electron chi connectivity index (χ2n) is 8.14. The number of rotatable bonds is 10. The van der Waals surface area contributed by atoms with Gasteiger partial charge in [0.25, 0.3) is 0 Å². The molecule has 164 valence electrons. The molecule has 0 heterocycles. The lowest BCUT2D eigenvalue weighted by molar-refractivity contribution is -0.0105. The van der Waals surface area contributed by atoms with E-state index >= 15 is 0 Å². The van der Waals surface area contributed by atoms with Crippen LogP contribution in [0.2, 0.25) is 0 Å². The van der Waals surface area contributed by atoms with Crippen molar-refractivity contribution < 1.29 is 4.74 Å². The van der Waals surface area contributed by atoms with Crippen LogP contribution in [-0.4, -0.2) is 12.2 Å². The van der Waals surface area contributed by atoms with Crippen LogP contribution in [-0.2, 0) is 30.4 Å². The van der Waals surface area contributed by atoms with Crippen LogP contribution in [0, 0.1) is 0 Å². The number of ether oxygens (including phenoxy) is 1. The molecule has 0 radical (unpaired) electrons. The summed E-state index contributed by atoms with van der Waals surface area (Å²) < 4.78 is 6.87. The topological polar surface area (TPSA) is 44.2 Å². The van der Waals surface area contributed by atoms with Crippen molar-refractivity contribution in [3.63, 3.8) is 0 Å². The molecule has 4 aromatic rings. The van der Waals surface area contributed by atoms with Crippen molar-refractivity contribution in [3.8, 4) is 0 Å². The van der Waals surface area contributed by atoms with Gasteiger partial charge in [-0.05, 0) is 47.9 Å². The highest BCUT2D eigenvalue weighted by Crippen LogP contribution is 2.19. The summed E-state index contributed by atoms with van der Waals surface area (Å²) in [4.78, 5) is 0. The van der Waals surface area contributed by atoms with Crippen molar-refractivity contribution in [2.24, 2.45) is 0 Å². The van der Waals surface area contributed by atoms with Crippen LogP contribution in [0.1, 0.15) is 22.3 Å². The summed E-state index contributed by atoms with van der Waals surface area (Å²) >= 11 is 0. The minimum absolute atomic E-state index is 0. The van der Waals surface area contributed by atoms with Crippen molar-refractivity contribution >= 4 is 0 Å². The van der Waals surface area contributed by atoms with E-state index in [-0.39, 0.29) is 18.4 Å². The molecule has 0 aliphatic carbocycles. The molecule has 0 atom stereocenters. The highest BCUT2D eigenvalue weighted by Gasteiger charge is 2.19. The van der Waals surface area contributed by atoms with Gasteiger partial charge >= 0.3 is 0 Å². The second kappa shape index (κ2) is 12.6. The second-order valence-corrected chi connectivity index (χ2v) is 8.14. The lowest BCUT2D eigenvalue weighted by Gasteiger charge is -2.26. The molecule has 3 N–H and O–H groups in total. The summed E-state index contributed by atoms with van der Waals surface area (Å²) in [6, 6.07) is 42.8. The highest BCUT2D eigenvalue weighted by molar-refractivity contribution is 5.21. The molecule has 0 aliphatic rings. The van der Waals surface area contributed by atoms with Crippen LogP contribution in [0.4, 0.5) is 0 Å². The molecule has 0 amide bonds. The predicted molar refractivity (Wildman–Crippen MR) is 134 cm³/mol. The molecular weight excluding hydrogens is 390 g/mol. The Hall–Kier alpha value is -3.20. The van der Waals surface area contributed by atoms with Gasteiger partial charge in [-0.15, -0.1) is 0 Å². The maximum absolute atomic E-state index is 6.87. The van der Waals surface area contributed by atoms with Crippen molar-refractivity contribution in [1.82, 2.24) is 6.15 Å². The fraction of sp³-hybridized carbons (Fsp3) is 0.200. The quantitative estimate of drug-likeness (QED) is 0.302. The summed E-state index contributed by atoms with van der Waals surface area (Å²) in [5.74, 6) is 0. The van der Waals surface area contributed by atoms with Crippen molar-refractivity contribution in [2.45, 2.75) is 37.9 Å². The molecule has 4 aromatic carbocycles. The Morgan fingerprint density at radius 2 is 0.594 bits per heavy atom. The van der Waals surface area contributed by atoms with E-state index in [1.165, 1.54) is 22.3 Å². The molecule has 0 bridgehead atoms. The summed E-state index contributed by atoms with van der Waals surface area (Å²) in [7, 11) is 0. The number of benzene rings is 4. The van der Waals surface area contributed by atoms with Crippen LogP contribution >= 0.6 is 0 Å². The third kappa shape index (κ3) is 7.49. The van der Waals surface area contributed by atoms with Crippen LogP contribution in [0.5, 0.6) is 0 Å². The Balaban J connectivity index is 0.00000289. The average molecular weight is 424 g/mol. The van der Waals surface area contributed by atoms with Gasteiger partial charge in [-0.25, -0.2) is 0 Å². The first kappa shape index (κ1) is 23.5. The first-order valence-corrected chi connectivity index (χ1v) is 11.2. The molecule has 2 heteroatoms. The standard InChI is InChI=1S/C30H30O.H3N/c1-5-13-25(14-6-1)21-29(22-26-15-7-2-8-16-26)31-30(23-27-17-9-3-10-18-27)24-28-19-11-4-12-20-28;/h1-20,29-30H,21-24H2;1H3. The van der Waals surface area contributed by atoms with Gasteiger partial charge in [0.15, 0.2) is 0 Å². The SMILES string of the molecule is N.c1ccc(CC(Cc2ccccc2)OC(Cc2ccccc2)Cc2ccccc2)cc1. The van der Waals surface area contributed by atoms with Crippen molar-refractivity contribution in [2.75, 3.05) is 0 Å². The summed E-state index contributed by atoms with van der Waals surface area (Å²) in [5.41, 5.74) is 5.28. The maximum atomic E-state index is 6.87.